The van der Waals surface area contributed by atoms with E-state index in [1.165, 1.54) is 0 Å². The highest BCUT2D eigenvalue weighted by molar-refractivity contribution is 7.92. The first kappa shape index (κ1) is 13.8. The van der Waals surface area contributed by atoms with Crippen molar-refractivity contribution in [3.63, 3.8) is 0 Å². The molecule has 0 aliphatic carbocycles. The molecule has 0 heterocycles. The van der Waals surface area contributed by atoms with Gasteiger partial charge < -0.3 is 0 Å². The fourth-order valence-electron chi connectivity index (χ4n) is 1.36. The molecule has 0 aliphatic rings. The van der Waals surface area contributed by atoms with Gasteiger partial charge in [0.05, 0.1) is 0 Å². The first-order chi connectivity index (χ1) is 7.86. The van der Waals surface area contributed by atoms with Crippen LogP contribution < -0.4 is 0 Å². The summed E-state index contributed by atoms with van der Waals surface area (Å²) in [6, 6.07) is 2.14. The molecule has 1 rings (SSSR count). The molecule has 0 amide bonds. The van der Waals surface area contributed by atoms with Gasteiger partial charge in [0.25, 0.3) is 0 Å². The molecule has 1 aromatic rings. The maximum atomic E-state index is 13.2. The summed E-state index contributed by atoms with van der Waals surface area (Å²) in [5.41, 5.74) is 0. The van der Waals surface area contributed by atoms with Crippen molar-refractivity contribution in [2.45, 2.75) is 24.7 Å². The highest BCUT2D eigenvalue weighted by Gasteiger charge is 2.23. The number of rotatable bonds is 5. The molecule has 0 N–H and O–H groups in total. The molecular weight excluding hydrogens is 250 g/mol. The Morgan fingerprint density at radius 1 is 1.29 bits per heavy atom. The zero-order chi connectivity index (χ0) is 13.1. The van der Waals surface area contributed by atoms with Gasteiger partial charge in [0, 0.05) is 6.42 Å². The third kappa shape index (κ3) is 3.59. The molecule has 6 heteroatoms. The molecule has 1 aromatic carbocycles. The third-order valence-corrected chi connectivity index (χ3v) is 3.79. The van der Waals surface area contributed by atoms with E-state index in [1.807, 2.05) is 0 Å². The molecule has 0 aromatic heterocycles. The number of carbonyl (C=O) groups excluding carboxylic acids is 1. The van der Waals surface area contributed by atoms with Crippen LogP contribution in [-0.4, -0.2) is 20.0 Å². The van der Waals surface area contributed by atoms with E-state index < -0.39 is 37.9 Å². The number of Topliss-reactive ketones (excluding diaryl/α,β-unsaturated/α-hetero) is 1. The van der Waals surface area contributed by atoms with Crippen LogP contribution in [0.4, 0.5) is 8.78 Å². The Kier molecular flexibility index (Phi) is 4.34. The zero-order valence-corrected chi connectivity index (χ0v) is 10.1. The number of hydrogen-bond donors (Lipinski definition) is 0. The van der Waals surface area contributed by atoms with Gasteiger partial charge in [-0.2, -0.15) is 0 Å². The second kappa shape index (κ2) is 5.35. The van der Waals surface area contributed by atoms with E-state index in [-0.39, 0.29) is 6.42 Å². The second-order valence-corrected chi connectivity index (χ2v) is 5.58. The Hall–Kier alpha value is -1.30. The number of hydrogen-bond acceptors (Lipinski definition) is 3. The Morgan fingerprint density at radius 2 is 1.94 bits per heavy atom. The van der Waals surface area contributed by atoms with Gasteiger partial charge in [-0.05, 0) is 24.6 Å². The number of carbonyl (C=O) groups is 1. The fraction of sp³-hybridized carbons (Fsp3) is 0.364. The standard InChI is InChI=1S/C11H12F2O3S/c1-2-3-9(14)7-17(15,16)11-6-8(12)4-5-10(11)13/h4-6H,2-3,7H2,1H3. The summed E-state index contributed by atoms with van der Waals surface area (Å²) in [6.45, 7) is 1.73. The molecule has 0 saturated heterocycles. The van der Waals surface area contributed by atoms with Crippen molar-refractivity contribution in [2.75, 3.05) is 5.75 Å². The Morgan fingerprint density at radius 3 is 2.53 bits per heavy atom. The van der Waals surface area contributed by atoms with E-state index in [0.29, 0.717) is 12.5 Å². The van der Waals surface area contributed by atoms with Crippen LogP contribution in [-0.2, 0) is 14.6 Å². The molecule has 0 atom stereocenters. The summed E-state index contributed by atoms with van der Waals surface area (Å²) in [5.74, 6) is -3.19. The van der Waals surface area contributed by atoms with Crippen LogP contribution in [0.2, 0.25) is 0 Å². The quantitative estimate of drug-likeness (QED) is 0.816. The molecule has 17 heavy (non-hydrogen) atoms. The minimum absolute atomic E-state index is 0.107. The van der Waals surface area contributed by atoms with Gasteiger partial charge in [0.15, 0.2) is 9.84 Å². The van der Waals surface area contributed by atoms with Crippen molar-refractivity contribution in [2.24, 2.45) is 0 Å². The van der Waals surface area contributed by atoms with E-state index in [1.54, 1.807) is 6.92 Å². The highest BCUT2D eigenvalue weighted by atomic mass is 32.2. The van der Waals surface area contributed by atoms with Crippen LogP contribution in [0, 0.1) is 11.6 Å². The number of sulfone groups is 1. The number of halogens is 2. The van der Waals surface area contributed by atoms with E-state index >= 15 is 0 Å². The van der Waals surface area contributed by atoms with Gasteiger partial charge in [-0.3, -0.25) is 4.79 Å². The van der Waals surface area contributed by atoms with Crippen LogP contribution in [0.15, 0.2) is 23.1 Å². The number of benzene rings is 1. The van der Waals surface area contributed by atoms with Crippen molar-refractivity contribution in [1.82, 2.24) is 0 Å². The minimum Gasteiger partial charge on any atom is -0.299 e. The van der Waals surface area contributed by atoms with Gasteiger partial charge in [0.2, 0.25) is 0 Å². The first-order valence-electron chi connectivity index (χ1n) is 5.06. The third-order valence-electron chi connectivity index (χ3n) is 2.11. The summed E-state index contributed by atoms with van der Waals surface area (Å²) in [7, 11) is -4.10. The predicted molar refractivity (Wildman–Crippen MR) is 58.3 cm³/mol. The van der Waals surface area contributed by atoms with Crippen molar-refractivity contribution >= 4 is 15.6 Å². The average molecular weight is 262 g/mol. The van der Waals surface area contributed by atoms with E-state index in [0.717, 1.165) is 12.1 Å². The van der Waals surface area contributed by atoms with Crippen molar-refractivity contribution in [1.29, 1.82) is 0 Å². The molecule has 0 unspecified atom stereocenters. The van der Waals surface area contributed by atoms with Gasteiger partial charge in [-0.1, -0.05) is 6.92 Å². The van der Waals surface area contributed by atoms with Crippen LogP contribution in [0.1, 0.15) is 19.8 Å². The lowest BCUT2D eigenvalue weighted by molar-refractivity contribution is -0.116. The normalized spacial score (nSPS) is 11.5. The molecular formula is C11H12F2O3S. The second-order valence-electron chi connectivity index (χ2n) is 3.62. The number of ketones is 1. The molecule has 0 aliphatic heterocycles. The summed E-state index contributed by atoms with van der Waals surface area (Å²) < 4.78 is 49.4. The van der Waals surface area contributed by atoms with Gasteiger partial charge >= 0.3 is 0 Å². The van der Waals surface area contributed by atoms with Gasteiger partial charge in [-0.25, -0.2) is 17.2 Å². The largest absolute Gasteiger partial charge is 0.299 e. The fourth-order valence-corrected chi connectivity index (χ4v) is 2.74. The minimum atomic E-state index is -4.10. The van der Waals surface area contributed by atoms with Crippen LogP contribution in [0.5, 0.6) is 0 Å². The summed E-state index contributed by atoms with van der Waals surface area (Å²) in [6.07, 6.45) is 0.621. The summed E-state index contributed by atoms with van der Waals surface area (Å²) in [4.78, 5) is 10.5. The Bertz CT molecular complexity index is 524. The van der Waals surface area contributed by atoms with Crippen molar-refractivity contribution in [3.05, 3.63) is 29.8 Å². The van der Waals surface area contributed by atoms with Crippen LogP contribution in [0.25, 0.3) is 0 Å². The predicted octanol–water partition coefficient (Wildman–Crippen LogP) is 2.11. The Balaban J connectivity index is 3.05. The molecule has 0 bridgehead atoms. The van der Waals surface area contributed by atoms with Crippen molar-refractivity contribution in [3.8, 4) is 0 Å². The molecule has 0 radical (unpaired) electrons. The smallest absolute Gasteiger partial charge is 0.188 e. The zero-order valence-electron chi connectivity index (χ0n) is 9.24. The molecule has 94 valence electrons. The summed E-state index contributed by atoms with van der Waals surface area (Å²) in [5, 5.41) is 0. The molecule has 0 fully saturated rings. The van der Waals surface area contributed by atoms with Gasteiger partial charge in [-0.15, -0.1) is 0 Å². The SMILES string of the molecule is CCCC(=O)CS(=O)(=O)c1cc(F)ccc1F. The average Bonchev–Trinajstić information content (AvgIpc) is 2.21. The lowest BCUT2D eigenvalue weighted by atomic mass is 10.3. The maximum Gasteiger partial charge on any atom is 0.188 e. The summed E-state index contributed by atoms with van der Waals surface area (Å²) >= 11 is 0. The lowest BCUT2D eigenvalue weighted by Gasteiger charge is -2.04. The monoisotopic (exact) mass is 262 g/mol. The molecule has 0 saturated carbocycles. The topological polar surface area (TPSA) is 51.2 Å². The highest BCUT2D eigenvalue weighted by Crippen LogP contribution is 2.17. The first-order valence-corrected chi connectivity index (χ1v) is 6.71. The molecule has 3 nitrogen and oxygen atoms in total. The van der Waals surface area contributed by atoms with Gasteiger partial charge in [0.1, 0.15) is 28.1 Å². The van der Waals surface area contributed by atoms with Crippen LogP contribution in [0.3, 0.4) is 0 Å². The lowest BCUT2D eigenvalue weighted by Crippen LogP contribution is -2.17. The Labute approximate surface area is 98.4 Å². The van der Waals surface area contributed by atoms with E-state index in [4.69, 9.17) is 0 Å². The van der Waals surface area contributed by atoms with E-state index in [9.17, 15) is 22.0 Å². The maximum absolute atomic E-state index is 13.2. The van der Waals surface area contributed by atoms with Crippen molar-refractivity contribution < 1.29 is 22.0 Å². The van der Waals surface area contributed by atoms with Crippen LogP contribution >= 0.6 is 0 Å². The molecule has 0 spiro atoms. The van der Waals surface area contributed by atoms with E-state index in [2.05, 4.69) is 0 Å².